The standard InChI is InChI=1S/C17H19FN4O2S/c1-4-24-15(23)14-9-19-16(20-11(14)3)22-17(25)21-10(2)12-5-7-13(18)8-6-12/h5-10H,4H2,1-3H3,(H2,19,20,21,22,25)/t10-/m0/s1. The summed E-state index contributed by atoms with van der Waals surface area (Å²) in [4.78, 5) is 20.0. The van der Waals surface area contributed by atoms with Crippen molar-refractivity contribution in [3.8, 4) is 0 Å². The van der Waals surface area contributed by atoms with Gasteiger partial charge in [-0.1, -0.05) is 12.1 Å². The van der Waals surface area contributed by atoms with Crippen molar-refractivity contribution in [1.29, 1.82) is 0 Å². The van der Waals surface area contributed by atoms with Crippen LogP contribution in [0.2, 0.25) is 0 Å². The highest BCUT2D eigenvalue weighted by Gasteiger charge is 2.14. The van der Waals surface area contributed by atoms with Crippen molar-refractivity contribution in [2.75, 3.05) is 11.9 Å². The monoisotopic (exact) mass is 362 g/mol. The van der Waals surface area contributed by atoms with E-state index < -0.39 is 5.97 Å². The number of rotatable bonds is 5. The summed E-state index contributed by atoms with van der Waals surface area (Å²) in [6, 6.07) is 6.03. The van der Waals surface area contributed by atoms with Crippen molar-refractivity contribution in [3.63, 3.8) is 0 Å². The molecule has 1 aromatic heterocycles. The quantitative estimate of drug-likeness (QED) is 0.625. The Morgan fingerprint density at radius 2 is 2.04 bits per heavy atom. The molecule has 0 aliphatic rings. The minimum absolute atomic E-state index is 0.125. The molecule has 2 N–H and O–H groups in total. The molecule has 0 bridgehead atoms. The molecular formula is C17H19FN4O2S. The summed E-state index contributed by atoms with van der Waals surface area (Å²) < 4.78 is 17.9. The lowest BCUT2D eigenvalue weighted by atomic mass is 10.1. The molecule has 0 radical (unpaired) electrons. The van der Waals surface area contributed by atoms with Crippen molar-refractivity contribution in [1.82, 2.24) is 15.3 Å². The third kappa shape index (κ3) is 5.18. The third-order valence-electron chi connectivity index (χ3n) is 3.42. The molecule has 0 saturated heterocycles. The number of esters is 1. The SMILES string of the molecule is CCOC(=O)c1cnc(NC(=S)N[C@@H](C)c2ccc(F)cc2)nc1C. The van der Waals surface area contributed by atoms with E-state index in [0.717, 1.165) is 5.56 Å². The van der Waals surface area contributed by atoms with E-state index in [1.165, 1.54) is 18.3 Å². The van der Waals surface area contributed by atoms with Crippen LogP contribution in [0.5, 0.6) is 0 Å². The van der Waals surface area contributed by atoms with Crippen molar-refractivity contribution in [2.45, 2.75) is 26.8 Å². The molecular weight excluding hydrogens is 343 g/mol. The second-order valence-corrected chi connectivity index (χ2v) is 5.69. The zero-order valence-corrected chi connectivity index (χ0v) is 15.0. The van der Waals surface area contributed by atoms with Crippen LogP contribution >= 0.6 is 12.2 Å². The predicted octanol–water partition coefficient (Wildman–Crippen LogP) is 3.15. The molecule has 0 fully saturated rings. The Hall–Kier alpha value is -2.61. The van der Waals surface area contributed by atoms with Crippen LogP contribution in [-0.2, 0) is 4.74 Å². The van der Waals surface area contributed by atoms with Gasteiger partial charge in [-0.2, -0.15) is 0 Å². The third-order valence-corrected chi connectivity index (χ3v) is 3.64. The number of carbonyl (C=O) groups excluding carboxylic acids is 1. The molecule has 0 unspecified atom stereocenters. The molecule has 0 aliphatic heterocycles. The molecule has 0 saturated carbocycles. The van der Waals surface area contributed by atoms with E-state index >= 15 is 0 Å². The molecule has 0 aliphatic carbocycles. The van der Waals surface area contributed by atoms with Crippen molar-refractivity contribution in [3.05, 3.63) is 53.1 Å². The maximum Gasteiger partial charge on any atom is 0.341 e. The number of hydrogen-bond donors (Lipinski definition) is 2. The first kappa shape index (κ1) is 18.7. The molecule has 1 atom stereocenters. The number of anilines is 1. The van der Waals surface area contributed by atoms with Gasteiger partial charge in [-0.25, -0.2) is 19.2 Å². The minimum atomic E-state index is -0.461. The van der Waals surface area contributed by atoms with Gasteiger partial charge in [0.2, 0.25) is 5.95 Å². The van der Waals surface area contributed by atoms with E-state index in [-0.39, 0.29) is 24.4 Å². The average Bonchev–Trinajstić information content (AvgIpc) is 2.55. The van der Waals surface area contributed by atoms with Crippen LogP contribution in [0.15, 0.2) is 30.5 Å². The van der Waals surface area contributed by atoms with Crippen molar-refractivity contribution < 1.29 is 13.9 Å². The minimum Gasteiger partial charge on any atom is -0.462 e. The van der Waals surface area contributed by atoms with Crippen LogP contribution in [0.25, 0.3) is 0 Å². The Labute approximate surface area is 150 Å². The second-order valence-electron chi connectivity index (χ2n) is 5.28. The number of carbonyl (C=O) groups is 1. The molecule has 2 rings (SSSR count). The second kappa shape index (κ2) is 8.48. The van der Waals surface area contributed by atoms with E-state index in [1.807, 2.05) is 6.92 Å². The number of halogens is 1. The Morgan fingerprint density at radius 1 is 1.36 bits per heavy atom. The van der Waals surface area contributed by atoms with Gasteiger partial charge in [0.05, 0.1) is 23.9 Å². The molecule has 1 aromatic carbocycles. The zero-order chi connectivity index (χ0) is 18.4. The average molecular weight is 362 g/mol. The maximum atomic E-state index is 13.0. The fraction of sp³-hybridized carbons (Fsp3) is 0.294. The van der Waals surface area contributed by atoms with Crippen LogP contribution in [0.1, 0.15) is 41.5 Å². The molecule has 0 spiro atoms. The Bertz CT molecular complexity index is 768. The Morgan fingerprint density at radius 3 is 2.64 bits per heavy atom. The lowest BCUT2D eigenvalue weighted by Crippen LogP contribution is -2.31. The predicted molar refractivity (Wildman–Crippen MR) is 96.9 cm³/mol. The summed E-state index contributed by atoms with van der Waals surface area (Å²) in [5.74, 6) is -0.478. The van der Waals surface area contributed by atoms with E-state index in [0.29, 0.717) is 16.4 Å². The first-order valence-corrected chi connectivity index (χ1v) is 8.15. The normalized spacial score (nSPS) is 11.5. The van der Waals surface area contributed by atoms with Gasteiger partial charge in [-0.15, -0.1) is 0 Å². The number of hydrogen-bond acceptors (Lipinski definition) is 5. The first-order valence-electron chi connectivity index (χ1n) is 7.74. The summed E-state index contributed by atoms with van der Waals surface area (Å²) in [6.45, 7) is 5.61. The van der Waals surface area contributed by atoms with Gasteiger partial charge in [0, 0.05) is 6.20 Å². The highest BCUT2D eigenvalue weighted by Crippen LogP contribution is 2.13. The molecule has 0 amide bonds. The van der Waals surface area contributed by atoms with E-state index in [4.69, 9.17) is 17.0 Å². The van der Waals surface area contributed by atoms with E-state index in [2.05, 4.69) is 20.6 Å². The highest BCUT2D eigenvalue weighted by atomic mass is 32.1. The van der Waals surface area contributed by atoms with E-state index in [9.17, 15) is 9.18 Å². The maximum absolute atomic E-state index is 13.0. The number of aryl methyl sites for hydroxylation is 1. The Balaban J connectivity index is 1.99. The van der Waals surface area contributed by atoms with Crippen LogP contribution in [0, 0.1) is 12.7 Å². The number of aromatic nitrogens is 2. The van der Waals surface area contributed by atoms with Crippen molar-refractivity contribution >= 4 is 29.2 Å². The fourth-order valence-corrected chi connectivity index (χ4v) is 2.37. The summed E-state index contributed by atoms with van der Waals surface area (Å²) in [5.41, 5.74) is 1.69. The molecule has 1 heterocycles. The fourth-order valence-electron chi connectivity index (χ4n) is 2.11. The van der Waals surface area contributed by atoms with Gasteiger partial charge in [0.1, 0.15) is 5.82 Å². The number of thiocarbonyl (C=S) groups is 1. The summed E-state index contributed by atoms with van der Waals surface area (Å²) in [7, 11) is 0. The zero-order valence-electron chi connectivity index (χ0n) is 14.2. The van der Waals surface area contributed by atoms with Crippen LogP contribution in [0.3, 0.4) is 0 Å². The number of nitrogens with zero attached hydrogens (tertiary/aromatic N) is 2. The molecule has 25 heavy (non-hydrogen) atoms. The van der Waals surface area contributed by atoms with Crippen molar-refractivity contribution in [2.24, 2.45) is 0 Å². The summed E-state index contributed by atoms with van der Waals surface area (Å²) >= 11 is 5.24. The molecule has 2 aromatic rings. The number of nitrogens with one attached hydrogen (secondary N) is 2. The largest absolute Gasteiger partial charge is 0.462 e. The van der Waals surface area contributed by atoms with Crippen LogP contribution in [-0.4, -0.2) is 27.7 Å². The van der Waals surface area contributed by atoms with Crippen LogP contribution < -0.4 is 10.6 Å². The lowest BCUT2D eigenvalue weighted by Gasteiger charge is -2.17. The molecule has 132 valence electrons. The number of benzene rings is 1. The van der Waals surface area contributed by atoms with E-state index in [1.54, 1.807) is 26.0 Å². The molecule has 8 heteroatoms. The molecule has 6 nitrogen and oxygen atoms in total. The van der Waals surface area contributed by atoms with Gasteiger partial charge in [0.25, 0.3) is 0 Å². The van der Waals surface area contributed by atoms with Crippen LogP contribution in [0.4, 0.5) is 10.3 Å². The topological polar surface area (TPSA) is 76.1 Å². The van der Waals surface area contributed by atoms with Gasteiger partial charge >= 0.3 is 5.97 Å². The van der Waals surface area contributed by atoms with Gasteiger partial charge < -0.3 is 15.4 Å². The van der Waals surface area contributed by atoms with Gasteiger partial charge in [0.15, 0.2) is 5.11 Å². The smallest absolute Gasteiger partial charge is 0.341 e. The summed E-state index contributed by atoms with van der Waals surface area (Å²) in [5, 5.41) is 6.25. The lowest BCUT2D eigenvalue weighted by molar-refractivity contribution is 0.0524. The van der Waals surface area contributed by atoms with Gasteiger partial charge in [-0.05, 0) is 50.7 Å². The first-order chi connectivity index (χ1) is 11.9. The Kier molecular flexibility index (Phi) is 6.35. The number of ether oxygens (including phenoxy) is 1. The highest BCUT2D eigenvalue weighted by molar-refractivity contribution is 7.80. The summed E-state index contributed by atoms with van der Waals surface area (Å²) in [6.07, 6.45) is 1.40. The van der Waals surface area contributed by atoms with Gasteiger partial charge in [-0.3, -0.25) is 0 Å².